The molecule has 1 saturated heterocycles. The molecule has 0 saturated carbocycles. The van der Waals surface area contributed by atoms with Crippen LogP contribution >= 0.6 is 0 Å². The predicted octanol–water partition coefficient (Wildman–Crippen LogP) is 2.44. The van der Waals surface area contributed by atoms with Crippen LogP contribution in [0.15, 0.2) is 42.1 Å². The van der Waals surface area contributed by atoms with Gasteiger partial charge in [0, 0.05) is 30.0 Å². The number of nitrogens with two attached hydrogens (primary N) is 1. The number of benzene rings is 1. The van der Waals surface area contributed by atoms with E-state index in [0.29, 0.717) is 31.6 Å². The third-order valence-corrected chi connectivity index (χ3v) is 10.2. The van der Waals surface area contributed by atoms with E-state index in [0.717, 1.165) is 6.08 Å². The van der Waals surface area contributed by atoms with E-state index in [4.69, 9.17) is 15.2 Å². The first-order valence-corrected chi connectivity index (χ1v) is 12.9. The lowest BCUT2D eigenvalue weighted by molar-refractivity contribution is -0.129. The summed E-state index contributed by atoms with van der Waals surface area (Å²) >= 11 is 0. The Morgan fingerprint density at radius 2 is 1.73 bits per heavy atom. The minimum Gasteiger partial charge on any atom is -0.461 e. The standard InChI is InChI=1S/C24H34N2O6S/c1-23(2,16-32-21(28)17-9-7-6-8-10-17)19(25)15-20(27)26-22(29)24(3,4)33(5,30)18-11-13-31-14-12-18/h6-10,15,18H,11-14,16H2,1-5H3,(H2-,25,26,27,29)/p+1. The molecule has 33 heavy (non-hydrogen) atoms. The number of nitrogens with one attached hydrogen (secondary N) is 1. The molecular weight excluding hydrogens is 444 g/mol. The summed E-state index contributed by atoms with van der Waals surface area (Å²) in [5.41, 5.74) is 5.80. The molecule has 1 fully saturated rings. The van der Waals surface area contributed by atoms with E-state index in [1.165, 1.54) is 0 Å². The summed E-state index contributed by atoms with van der Waals surface area (Å²) in [4.78, 5) is 37.6. The minimum atomic E-state index is -2.61. The molecule has 1 aliphatic rings. The third kappa shape index (κ3) is 6.51. The lowest BCUT2D eigenvalue weighted by atomic mass is 9.90. The van der Waals surface area contributed by atoms with Crippen molar-refractivity contribution in [3.8, 4) is 0 Å². The first-order chi connectivity index (χ1) is 15.3. The number of hydrogen-bond donors (Lipinski definition) is 2. The molecule has 1 aromatic rings. The quantitative estimate of drug-likeness (QED) is 0.333. The topological polar surface area (TPSA) is 125 Å². The monoisotopic (exact) mass is 479 g/mol. The fourth-order valence-electron chi connectivity index (χ4n) is 3.35. The zero-order valence-corrected chi connectivity index (χ0v) is 20.8. The number of amides is 2. The largest absolute Gasteiger partial charge is 0.461 e. The Bertz CT molecular complexity index is 949. The molecule has 9 heteroatoms. The molecule has 1 atom stereocenters. The van der Waals surface area contributed by atoms with Gasteiger partial charge in [-0.1, -0.05) is 32.0 Å². The Balaban J connectivity index is 2.01. The summed E-state index contributed by atoms with van der Waals surface area (Å²) in [7, 11) is -2.61. The van der Waals surface area contributed by atoms with Gasteiger partial charge in [-0.15, -0.1) is 4.21 Å². The van der Waals surface area contributed by atoms with E-state index in [9.17, 15) is 18.6 Å². The number of imide groups is 1. The van der Waals surface area contributed by atoms with Crippen LogP contribution in [0.4, 0.5) is 0 Å². The highest BCUT2D eigenvalue weighted by Gasteiger charge is 2.54. The second kappa shape index (κ2) is 10.6. The fourth-order valence-corrected chi connectivity index (χ4v) is 5.69. The van der Waals surface area contributed by atoms with Crippen LogP contribution in [0.1, 0.15) is 50.9 Å². The SMILES string of the molecule is CC(C)(COC(=O)c1ccccc1)/C(N)=C/C(=O)NC(=O)C(C)(C)[S+](C)(=O)C1CCOCC1. The molecule has 3 N–H and O–H groups in total. The maximum atomic E-state index is 13.5. The van der Waals surface area contributed by atoms with Crippen molar-refractivity contribution in [3.63, 3.8) is 0 Å². The van der Waals surface area contributed by atoms with Crippen molar-refractivity contribution in [3.05, 3.63) is 47.7 Å². The number of carbonyl (C=O) groups excluding carboxylic acids is 3. The van der Waals surface area contributed by atoms with Crippen molar-refractivity contribution in [2.75, 3.05) is 26.1 Å². The second-order valence-corrected chi connectivity index (χ2v) is 13.0. The summed E-state index contributed by atoms with van der Waals surface area (Å²) < 4.78 is 22.9. The van der Waals surface area contributed by atoms with Crippen LogP contribution in [0.3, 0.4) is 0 Å². The molecule has 0 aliphatic carbocycles. The van der Waals surface area contributed by atoms with Crippen molar-refractivity contribution >= 4 is 27.7 Å². The summed E-state index contributed by atoms with van der Waals surface area (Å²) in [5, 5.41) is 2.15. The van der Waals surface area contributed by atoms with Crippen molar-refractivity contribution in [2.24, 2.45) is 11.1 Å². The maximum Gasteiger partial charge on any atom is 0.338 e. The molecule has 1 unspecified atom stereocenters. The molecule has 1 aromatic carbocycles. The Labute approximate surface area is 196 Å². The van der Waals surface area contributed by atoms with Crippen molar-refractivity contribution in [1.82, 2.24) is 5.32 Å². The smallest absolute Gasteiger partial charge is 0.338 e. The zero-order chi connectivity index (χ0) is 24.9. The van der Waals surface area contributed by atoms with Gasteiger partial charge < -0.3 is 15.2 Å². The average Bonchev–Trinajstić information content (AvgIpc) is 2.78. The van der Waals surface area contributed by atoms with Gasteiger partial charge in [0.15, 0.2) is 0 Å². The van der Waals surface area contributed by atoms with Gasteiger partial charge in [-0.3, -0.25) is 14.9 Å². The van der Waals surface area contributed by atoms with Gasteiger partial charge in [0.25, 0.3) is 11.8 Å². The number of esters is 1. The van der Waals surface area contributed by atoms with Crippen LogP contribution in [-0.4, -0.2) is 53.9 Å². The number of ether oxygens (including phenoxy) is 2. The highest BCUT2D eigenvalue weighted by molar-refractivity contribution is 8.04. The molecular formula is C24H35N2O6S+. The predicted molar refractivity (Wildman–Crippen MR) is 128 cm³/mol. The third-order valence-electron chi connectivity index (χ3n) is 6.24. The van der Waals surface area contributed by atoms with Gasteiger partial charge in [0.2, 0.25) is 4.75 Å². The Morgan fingerprint density at radius 1 is 1.15 bits per heavy atom. The van der Waals surface area contributed by atoms with Crippen LogP contribution < -0.4 is 11.1 Å². The normalized spacial score (nSPS) is 17.7. The molecule has 0 aromatic heterocycles. The van der Waals surface area contributed by atoms with Crippen LogP contribution in [0.25, 0.3) is 0 Å². The van der Waals surface area contributed by atoms with Gasteiger partial charge in [-0.25, -0.2) is 4.79 Å². The summed E-state index contributed by atoms with van der Waals surface area (Å²) in [5.74, 6) is -1.83. The number of rotatable bonds is 8. The second-order valence-electron chi connectivity index (χ2n) is 9.47. The van der Waals surface area contributed by atoms with Crippen LogP contribution in [0.2, 0.25) is 0 Å². The molecule has 0 radical (unpaired) electrons. The van der Waals surface area contributed by atoms with Crippen molar-refractivity contribution in [2.45, 2.75) is 50.5 Å². The molecule has 1 aliphatic heterocycles. The zero-order valence-electron chi connectivity index (χ0n) is 20.0. The Hall–Kier alpha value is -2.52. The van der Waals surface area contributed by atoms with Crippen LogP contribution in [-0.2, 0) is 33.2 Å². The molecule has 8 nitrogen and oxygen atoms in total. The fraction of sp³-hybridized carbons (Fsp3) is 0.542. The lowest BCUT2D eigenvalue weighted by Gasteiger charge is -2.32. The summed E-state index contributed by atoms with van der Waals surface area (Å²) in [6, 6.07) is 8.54. The van der Waals surface area contributed by atoms with E-state index >= 15 is 0 Å². The van der Waals surface area contributed by atoms with Crippen molar-refractivity contribution in [1.29, 1.82) is 0 Å². The molecule has 2 rings (SSSR count). The van der Waals surface area contributed by atoms with Crippen LogP contribution in [0, 0.1) is 5.41 Å². The minimum absolute atomic E-state index is 0.0533. The van der Waals surface area contributed by atoms with Crippen molar-refractivity contribution < 1.29 is 28.1 Å². The average molecular weight is 480 g/mol. The van der Waals surface area contributed by atoms with Gasteiger partial charge in [-0.05, 0) is 26.0 Å². The Kier molecular flexibility index (Phi) is 8.59. The summed E-state index contributed by atoms with van der Waals surface area (Å²) in [6.45, 7) is 7.59. The number of carbonyl (C=O) groups is 3. The van der Waals surface area contributed by atoms with Gasteiger partial charge in [-0.2, -0.15) is 0 Å². The van der Waals surface area contributed by atoms with Gasteiger partial charge in [0.05, 0.1) is 28.7 Å². The lowest BCUT2D eigenvalue weighted by Crippen LogP contribution is -2.56. The summed E-state index contributed by atoms with van der Waals surface area (Å²) in [6.07, 6.45) is 3.93. The highest BCUT2D eigenvalue weighted by Crippen LogP contribution is 2.33. The van der Waals surface area contributed by atoms with E-state index < -0.39 is 37.9 Å². The highest BCUT2D eigenvalue weighted by atomic mass is 32.2. The number of hydrogen-bond acceptors (Lipinski definition) is 7. The van der Waals surface area contributed by atoms with E-state index in [1.54, 1.807) is 64.3 Å². The first-order valence-electron chi connectivity index (χ1n) is 10.9. The maximum absolute atomic E-state index is 13.5. The molecule has 2 amide bonds. The van der Waals surface area contributed by atoms with Crippen LogP contribution in [0.5, 0.6) is 0 Å². The molecule has 0 spiro atoms. The molecule has 182 valence electrons. The molecule has 1 heterocycles. The van der Waals surface area contributed by atoms with E-state index in [-0.39, 0.29) is 17.6 Å². The van der Waals surface area contributed by atoms with Gasteiger partial charge in [0.1, 0.15) is 18.1 Å². The van der Waals surface area contributed by atoms with E-state index in [2.05, 4.69) is 5.32 Å². The first kappa shape index (κ1) is 26.7. The Morgan fingerprint density at radius 3 is 2.30 bits per heavy atom. The van der Waals surface area contributed by atoms with E-state index in [1.807, 2.05) is 0 Å². The molecule has 0 bridgehead atoms. The van der Waals surface area contributed by atoms with Gasteiger partial charge >= 0.3 is 5.97 Å².